The summed E-state index contributed by atoms with van der Waals surface area (Å²) in [6, 6.07) is 11.6. The Morgan fingerprint density at radius 2 is 2.07 bits per heavy atom. The molecule has 1 atom stereocenters. The second-order valence-electron chi connectivity index (χ2n) is 7.76. The molecule has 1 aromatic carbocycles. The van der Waals surface area contributed by atoms with Gasteiger partial charge in [0.1, 0.15) is 5.75 Å². The Morgan fingerprint density at radius 1 is 1.21 bits per heavy atom. The molecule has 2 fully saturated rings. The highest BCUT2D eigenvalue weighted by Crippen LogP contribution is 2.24. The van der Waals surface area contributed by atoms with Crippen LogP contribution in [-0.4, -0.2) is 42.5 Å². The third-order valence-electron chi connectivity index (χ3n) is 5.25. The Kier molecular flexibility index (Phi) is 5.67. The molecule has 0 radical (unpaired) electrons. The highest BCUT2D eigenvalue weighted by atomic mass is 32.1. The van der Waals surface area contributed by atoms with Crippen molar-refractivity contribution in [2.75, 3.05) is 19.7 Å². The van der Waals surface area contributed by atoms with Gasteiger partial charge >= 0.3 is 0 Å². The van der Waals surface area contributed by atoms with Gasteiger partial charge in [0, 0.05) is 35.5 Å². The molecule has 0 spiro atoms. The molecule has 1 aliphatic heterocycles. The van der Waals surface area contributed by atoms with E-state index in [-0.39, 0.29) is 11.8 Å². The zero-order valence-electron chi connectivity index (χ0n) is 16.1. The van der Waals surface area contributed by atoms with E-state index in [0.717, 1.165) is 48.5 Å². The molecule has 1 saturated heterocycles. The van der Waals surface area contributed by atoms with Gasteiger partial charge in [0.15, 0.2) is 0 Å². The van der Waals surface area contributed by atoms with Crippen LogP contribution in [-0.2, 0) is 0 Å². The molecule has 148 valence electrons. The zero-order chi connectivity index (χ0) is 19.5. The second kappa shape index (κ2) is 8.35. The van der Waals surface area contributed by atoms with Gasteiger partial charge in [0.25, 0.3) is 11.8 Å². The normalized spacial score (nSPS) is 19.3. The van der Waals surface area contributed by atoms with Crippen LogP contribution >= 0.6 is 11.3 Å². The molecule has 2 amide bonds. The number of rotatable bonds is 6. The van der Waals surface area contributed by atoms with E-state index in [9.17, 15) is 9.59 Å². The van der Waals surface area contributed by atoms with Gasteiger partial charge in [0.05, 0.1) is 11.5 Å². The first kappa shape index (κ1) is 19.0. The number of carbonyl (C=O) groups is 2. The number of likely N-dealkylation sites (tertiary alicyclic amines) is 1. The van der Waals surface area contributed by atoms with Crippen molar-refractivity contribution in [1.82, 2.24) is 10.2 Å². The van der Waals surface area contributed by atoms with E-state index in [1.165, 1.54) is 0 Å². The van der Waals surface area contributed by atoms with Crippen molar-refractivity contribution < 1.29 is 14.3 Å². The summed E-state index contributed by atoms with van der Waals surface area (Å²) in [5.74, 6) is 1.11. The average molecular weight is 399 g/mol. The zero-order valence-corrected chi connectivity index (χ0v) is 17.0. The number of nitrogens with zero attached hydrogens (tertiary/aromatic N) is 1. The van der Waals surface area contributed by atoms with Gasteiger partial charge in [-0.3, -0.25) is 9.59 Å². The number of ether oxygens (including phenoxy) is 1. The lowest BCUT2D eigenvalue weighted by Gasteiger charge is -2.32. The molecule has 2 aromatic rings. The van der Waals surface area contributed by atoms with Crippen LogP contribution in [0.3, 0.4) is 0 Å². The van der Waals surface area contributed by atoms with Crippen molar-refractivity contribution >= 4 is 23.2 Å². The molecule has 2 aliphatic rings. The van der Waals surface area contributed by atoms with Gasteiger partial charge < -0.3 is 15.0 Å². The maximum Gasteiger partial charge on any atom is 0.263 e. The Labute approximate surface area is 169 Å². The van der Waals surface area contributed by atoms with Crippen molar-refractivity contribution in [3.8, 4) is 5.75 Å². The number of aryl methyl sites for hydroxylation is 1. The van der Waals surface area contributed by atoms with Crippen LogP contribution in [0.2, 0.25) is 0 Å². The van der Waals surface area contributed by atoms with Crippen LogP contribution in [0.15, 0.2) is 36.4 Å². The Bertz CT molecular complexity index is 859. The van der Waals surface area contributed by atoms with Gasteiger partial charge in [-0.2, -0.15) is 0 Å². The summed E-state index contributed by atoms with van der Waals surface area (Å²) in [6.07, 6.45) is 4.19. The number of nitrogens with one attached hydrogen (secondary N) is 1. The van der Waals surface area contributed by atoms with Crippen LogP contribution in [0, 0.1) is 12.8 Å². The summed E-state index contributed by atoms with van der Waals surface area (Å²) < 4.78 is 5.98. The Morgan fingerprint density at radius 3 is 2.82 bits per heavy atom. The second-order valence-corrected chi connectivity index (χ2v) is 9.04. The maximum atomic E-state index is 12.7. The fourth-order valence-corrected chi connectivity index (χ4v) is 4.36. The minimum atomic E-state index is -0.0337. The van der Waals surface area contributed by atoms with Crippen LogP contribution in [0.1, 0.15) is 50.6 Å². The van der Waals surface area contributed by atoms with Crippen molar-refractivity contribution in [2.24, 2.45) is 5.92 Å². The summed E-state index contributed by atoms with van der Waals surface area (Å²) in [6.45, 7) is 4.11. The first-order valence-corrected chi connectivity index (χ1v) is 10.8. The lowest BCUT2D eigenvalue weighted by molar-refractivity contribution is 0.0637. The highest BCUT2D eigenvalue weighted by Gasteiger charge is 2.26. The molecule has 6 heteroatoms. The van der Waals surface area contributed by atoms with Crippen molar-refractivity contribution in [1.29, 1.82) is 0 Å². The molecular formula is C22H26N2O3S. The third-order valence-corrected chi connectivity index (χ3v) is 6.24. The van der Waals surface area contributed by atoms with E-state index in [1.54, 1.807) is 17.4 Å². The Balaban J connectivity index is 1.32. The van der Waals surface area contributed by atoms with E-state index < -0.39 is 0 Å². The highest BCUT2D eigenvalue weighted by molar-refractivity contribution is 7.13. The van der Waals surface area contributed by atoms with E-state index in [4.69, 9.17) is 4.74 Å². The van der Waals surface area contributed by atoms with Crippen molar-refractivity contribution in [3.05, 3.63) is 51.7 Å². The lowest BCUT2D eigenvalue weighted by Crippen LogP contribution is -2.41. The first-order chi connectivity index (χ1) is 13.6. The number of piperidine rings is 1. The summed E-state index contributed by atoms with van der Waals surface area (Å²) in [4.78, 5) is 28.8. The predicted molar refractivity (Wildman–Crippen MR) is 110 cm³/mol. The van der Waals surface area contributed by atoms with Gasteiger partial charge in [-0.15, -0.1) is 11.3 Å². The Hall–Kier alpha value is -2.34. The smallest absolute Gasteiger partial charge is 0.263 e. The molecule has 1 aliphatic carbocycles. The number of amides is 2. The third kappa shape index (κ3) is 4.73. The summed E-state index contributed by atoms with van der Waals surface area (Å²) in [5.41, 5.74) is 0.637. The van der Waals surface area contributed by atoms with Crippen LogP contribution < -0.4 is 10.1 Å². The molecule has 0 bridgehead atoms. The molecular weight excluding hydrogens is 372 g/mol. The molecule has 1 saturated carbocycles. The fraction of sp³-hybridized carbons (Fsp3) is 0.455. The van der Waals surface area contributed by atoms with Crippen LogP contribution in [0.5, 0.6) is 5.75 Å². The quantitative estimate of drug-likeness (QED) is 0.803. The monoisotopic (exact) mass is 398 g/mol. The average Bonchev–Trinajstić information content (AvgIpc) is 3.43. The number of hydrogen-bond acceptors (Lipinski definition) is 4. The summed E-state index contributed by atoms with van der Waals surface area (Å²) in [7, 11) is 0. The number of thiophene rings is 1. The maximum absolute atomic E-state index is 12.7. The molecule has 2 heterocycles. The molecule has 1 N–H and O–H groups in total. The molecule has 28 heavy (non-hydrogen) atoms. The summed E-state index contributed by atoms with van der Waals surface area (Å²) in [5, 5.41) is 3.00. The van der Waals surface area contributed by atoms with Gasteiger partial charge in [0.2, 0.25) is 0 Å². The first-order valence-electron chi connectivity index (χ1n) is 9.98. The minimum Gasteiger partial charge on any atom is -0.493 e. The van der Waals surface area contributed by atoms with Crippen LogP contribution in [0.4, 0.5) is 0 Å². The van der Waals surface area contributed by atoms with Crippen molar-refractivity contribution in [2.45, 2.75) is 38.6 Å². The standard InChI is InChI=1S/C22H26N2O3S/c1-15-7-10-20(28-15)22(26)24-11-3-4-16(13-24)14-27-19-6-2-5-17(12-19)21(25)23-18-8-9-18/h2,5-7,10,12,16,18H,3-4,8-9,11,13-14H2,1H3,(H,23,25)/t16-/m1/s1. The van der Waals surface area contributed by atoms with E-state index in [2.05, 4.69) is 5.32 Å². The molecule has 4 rings (SSSR count). The minimum absolute atomic E-state index is 0.0337. The van der Waals surface area contributed by atoms with E-state index in [0.29, 0.717) is 29.9 Å². The molecule has 0 unspecified atom stereocenters. The van der Waals surface area contributed by atoms with E-state index >= 15 is 0 Å². The van der Waals surface area contributed by atoms with Crippen LogP contribution in [0.25, 0.3) is 0 Å². The van der Waals surface area contributed by atoms with E-state index in [1.807, 2.05) is 42.2 Å². The number of hydrogen-bond donors (Lipinski definition) is 1. The predicted octanol–water partition coefficient (Wildman–Crippen LogP) is 3.88. The SMILES string of the molecule is Cc1ccc(C(=O)N2CCC[C@@H](COc3cccc(C(=O)NC4CC4)c3)C2)s1. The molecule has 1 aromatic heterocycles. The number of benzene rings is 1. The molecule has 5 nitrogen and oxygen atoms in total. The fourth-order valence-electron chi connectivity index (χ4n) is 3.53. The number of carbonyl (C=O) groups excluding carboxylic acids is 2. The largest absolute Gasteiger partial charge is 0.493 e. The van der Waals surface area contributed by atoms with Gasteiger partial charge in [-0.25, -0.2) is 0 Å². The van der Waals surface area contributed by atoms with Gasteiger partial charge in [-0.1, -0.05) is 6.07 Å². The lowest BCUT2D eigenvalue weighted by atomic mass is 9.99. The van der Waals surface area contributed by atoms with Crippen molar-refractivity contribution in [3.63, 3.8) is 0 Å². The topological polar surface area (TPSA) is 58.6 Å². The summed E-state index contributed by atoms with van der Waals surface area (Å²) >= 11 is 1.55. The van der Waals surface area contributed by atoms with Gasteiger partial charge in [-0.05, 0) is 62.9 Å².